The van der Waals surface area contributed by atoms with E-state index in [4.69, 9.17) is 21.1 Å². The Hall–Kier alpha value is -1.75. The minimum atomic E-state index is -0.154. The van der Waals surface area contributed by atoms with Crippen LogP contribution in [0.25, 0.3) is 0 Å². The number of aliphatic hydroxyl groups excluding tert-OH is 1. The number of ether oxygens (including phenoxy) is 2. The van der Waals surface area contributed by atoms with E-state index in [9.17, 15) is 5.11 Å². The zero-order valence-electron chi connectivity index (χ0n) is 14.3. The lowest BCUT2D eigenvalue weighted by molar-refractivity contribution is 0.234. The van der Waals surface area contributed by atoms with Gasteiger partial charge in [-0.2, -0.15) is 0 Å². The highest BCUT2D eigenvalue weighted by molar-refractivity contribution is 6.30. The zero-order chi connectivity index (χ0) is 17.5. The molecule has 0 aliphatic carbocycles. The third-order valence-electron chi connectivity index (χ3n) is 3.91. The van der Waals surface area contributed by atoms with Crippen LogP contribution < -0.4 is 14.8 Å². The van der Waals surface area contributed by atoms with Crippen LogP contribution in [0.5, 0.6) is 11.5 Å². The molecule has 0 aliphatic rings. The van der Waals surface area contributed by atoms with Gasteiger partial charge in [0.05, 0.1) is 26.9 Å². The van der Waals surface area contributed by atoms with E-state index in [-0.39, 0.29) is 18.7 Å². The number of aliphatic hydroxyl groups is 1. The maximum absolute atomic E-state index is 9.69. The zero-order valence-corrected chi connectivity index (χ0v) is 15.0. The largest absolute Gasteiger partial charge is 0.493 e. The predicted molar refractivity (Wildman–Crippen MR) is 97.1 cm³/mol. The van der Waals surface area contributed by atoms with Gasteiger partial charge < -0.3 is 19.9 Å². The maximum Gasteiger partial charge on any atom is 0.160 e. The summed E-state index contributed by atoms with van der Waals surface area (Å²) in [6.45, 7) is 2.10. The van der Waals surface area contributed by atoms with Crippen LogP contribution in [-0.4, -0.2) is 32.0 Å². The second-order valence-corrected chi connectivity index (χ2v) is 6.19. The molecular weight excluding hydrogens is 326 g/mol. The summed E-state index contributed by atoms with van der Waals surface area (Å²) >= 11 is 6.04. The Kier molecular flexibility index (Phi) is 6.91. The van der Waals surface area contributed by atoms with Crippen molar-refractivity contribution < 1.29 is 14.6 Å². The summed E-state index contributed by atoms with van der Waals surface area (Å²) in [6, 6.07) is 13.5. The minimum absolute atomic E-state index is 0.0105. The fraction of sp³-hybridized carbons (Fsp3) is 0.368. The van der Waals surface area contributed by atoms with Crippen molar-refractivity contribution in [3.05, 3.63) is 58.6 Å². The van der Waals surface area contributed by atoms with E-state index >= 15 is 0 Å². The summed E-state index contributed by atoms with van der Waals surface area (Å²) in [4.78, 5) is 0. The molecule has 0 saturated carbocycles. The molecule has 0 spiro atoms. The molecule has 2 aromatic carbocycles. The fourth-order valence-corrected chi connectivity index (χ4v) is 2.94. The third-order valence-corrected chi connectivity index (χ3v) is 4.14. The van der Waals surface area contributed by atoms with Crippen molar-refractivity contribution in [1.82, 2.24) is 5.32 Å². The lowest BCUT2D eigenvalue weighted by Gasteiger charge is -2.22. The Morgan fingerprint density at radius 2 is 1.83 bits per heavy atom. The van der Waals surface area contributed by atoms with Crippen LogP contribution in [0.4, 0.5) is 0 Å². The maximum atomic E-state index is 9.69. The van der Waals surface area contributed by atoms with Gasteiger partial charge in [-0.05, 0) is 48.7 Å². The molecule has 0 heterocycles. The molecule has 0 aromatic heterocycles. The summed E-state index contributed by atoms with van der Waals surface area (Å²) in [6.07, 6.45) is 0.803. The van der Waals surface area contributed by atoms with Gasteiger partial charge in [-0.3, -0.25) is 0 Å². The van der Waals surface area contributed by atoms with Crippen molar-refractivity contribution in [3.8, 4) is 11.5 Å². The topological polar surface area (TPSA) is 50.7 Å². The van der Waals surface area contributed by atoms with Crippen molar-refractivity contribution in [3.63, 3.8) is 0 Å². The van der Waals surface area contributed by atoms with Gasteiger partial charge >= 0.3 is 0 Å². The lowest BCUT2D eigenvalue weighted by atomic mass is 10.0. The second kappa shape index (κ2) is 8.92. The molecule has 130 valence electrons. The van der Waals surface area contributed by atoms with Crippen LogP contribution in [0, 0.1) is 0 Å². The van der Waals surface area contributed by atoms with E-state index in [1.54, 1.807) is 14.2 Å². The van der Waals surface area contributed by atoms with Crippen LogP contribution >= 0.6 is 11.6 Å². The molecule has 2 atom stereocenters. The highest BCUT2D eigenvalue weighted by Crippen LogP contribution is 2.28. The van der Waals surface area contributed by atoms with Crippen molar-refractivity contribution in [2.75, 3.05) is 20.8 Å². The van der Waals surface area contributed by atoms with Gasteiger partial charge in [-0.15, -0.1) is 0 Å². The van der Waals surface area contributed by atoms with Crippen molar-refractivity contribution in [1.29, 1.82) is 0 Å². The number of hydrogen-bond donors (Lipinski definition) is 2. The summed E-state index contributed by atoms with van der Waals surface area (Å²) in [7, 11) is 3.25. The Morgan fingerprint density at radius 1 is 1.08 bits per heavy atom. The Balaban J connectivity index is 2.05. The number of hydrogen-bond acceptors (Lipinski definition) is 4. The Labute approximate surface area is 148 Å². The SMILES string of the molecule is COc1ccc(CC(C)NC(CO)c2cccc(Cl)c2)cc1OC. The van der Waals surface area contributed by atoms with Crippen LogP contribution in [-0.2, 0) is 6.42 Å². The third kappa shape index (κ3) is 4.87. The first-order valence-electron chi connectivity index (χ1n) is 7.90. The number of benzene rings is 2. The number of nitrogens with one attached hydrogen (secondary N) is 1. The Bertz CT molecular complexity index is 663. The van der Waals surface area contributed by atoms with Gasteiger partial charge in [0.2, 0.25) is 0 Å². The van der Waals surface area contributed by atoms with E-state index in [0.717, 1.165) is 23.3 Å². The first kappa shape index (κ1) is 18.6. The lowest BCUT2D eigenvalue weighted by Crippen LogP contribution is -2.34. The number of rotatable bonds is 8. The fourth-order valence-electron chi connectivity index (χ4n) is 2.74. The van der Waals surface area contributed by atoms with Gasteiger partial charge in [0.15, 0.2) is 11.5 Å². The van der Waals surface area contributed by atoms with E-state index in [1.165, 1.54) is 0 Å². The minimum Gasteiger partial charge on any atom is -0.493 e. The first-order valence-corrected chi connectivity index (χ1v) is 8.28. The quantitative estimate of drug-likeness (QED) is 0.764. The van der Waals surface area contributed by atoms with Crippen LogP contribution in [0.15, 0.2) is 42.5 Å². The molecule has 0 bridgehead atoms. The molecule has 2 N–H and O–H groups in total. The average Bonchev–Trinajstić information content (AvgIpc) is 2.59. The standard InChI is InChI=1S/C19H24ClNO3/c1-13(9-14-7-8-18(23-2)19(10-14)24-3)21-17(12-22)15-5-4-6-16(20)11-15/h4-8,10-11,13,17,21-22H,9,12H2,1-3H3. The van der Waals surface area contributed by atoms with Gasteiger partial charge in [0.1, 0.15) is 0 Å². The molecule has 2 unspecified atom stereocenters. The summed E-state index contributed by atoms with van der Waals surface area (Å²) in [5.74, 6) is 1.43. The molecule has 0 amide bonds. The smallest absolute Gasteiger partial charge is 0.160 e. The van der Waals surface area contributed by atoms with Crippen LogP contribution in [0.1, 0.15) is 24.1 Å². The summed E-state index contributed by atoms with van der Waals surface area (Å²) in [5.41, 5.74) is 2.11. The predicted octanol–water partition coefficient (Wildman–Crippen LogP) is 3.61. The highest BCUT2D eigenvalue weighted by atomic mass is 35.5. The molecule has 0 radical (unpaired) electrons. The summed E-state index contributed by atoms with van der Waals surface area (Å²) in [5, 5.41) is 13.8. The van der Waals surface area contributed by atoms with E-state index in [2.05, 4.69) is 12.2 Å². The highest BCUT2D eigenvalue weighted by Gasteiger charge is 2.15. The molecule has 5 heteroatoms. The van der Waals surface area contributed by atoms with Crippen LogP contribution in [0.3, 0.4) is 0 Å². The second-order valence-electron chi connectivity index (χ2n) is 5.75. The first-order chi connectivity index (χ1) is 11.6. The molecule has 24 heavy (non-hydrogen) atoms. The van der Waals surface area contributed by atoms with Gasteiger partial charge in [-0.25, -0.2) is 0 Å². The molecule has 2 aromatic rings. The van der Waals surface area contributed by atoms with Gasteiger partial charge in [0.25, 0.3) is 0 Å². The number of halogens is 1. The monoisotopic (exact) mass is 349 g/mol. The van der Waals surface area contributed by atoms with E-state index in [1.807, 2.05) is 42.5 Å². The molecule has 0 saturated heterocycles. The van der Waals surface area contributed by atoms with Crippen molar-refractivity contribution in [2.45, 2.75) is 25.4 Å². The van der Waals surface area contributed by atoms with Crippen LogP contribution in [0.2, 0.25) is 5.02 Å². The Morgan fingerprint density at radius 3 is 2.46 bits per heavy atom. The molecule has 0 aliphatic heterocycles. The van der Waals surface area contributed by atoms with Crippen molar-refractivity contribution >= 4 is 11.6 Å². The number of methoxy groups -OCH3 is 2. The van der Waals surface area contributed by atoms with E-state index in [0.29, 0.717) is 10.8 Å². The van der Waals surface area contributed by atoms with Gasteiger partial charge in [0, 0.05) is 11.1 Å². The molecule has 0 fully saturated rings. The normalized spacial score (nSPS) is 13.4. The summed E-state index contributed by atoms with van der Waals surface area (Å²) < 4.78 is 10.6. The average molecular weight is 350 g/mol. The molecular formula is C19H24ClNO3. The molecule has 4 nitrogen and oxygen atoms in total. The van der Waals surface area contributed by atoms with E-state index < -0.39 is 0 Å². The van der Waals surface area contributed by atoms with Crippen molar-refractivity contribution in [2.24, 2.45) is 0 Å². The van der Waals surface area contributed by atoms with Gasteiger partial charge in [-0.1, -0.05) is 29.8 Å². The molecule has 2 rings (SSSR count).